The first-order valence-corrected chi connectivity index (χ1v) is 6.64. The zero-order chi connectivity index (χ0) is 14.9. The summed E-state index contributed by atoms with van der Waals surface area (Å²) in [7, 11) is 0. The van der Waals surface area contributed by atoms with Crippen LogP contribution in [0.1, 0.15) is 15.9 Å². The minimum Gasteiger partial charge on any atom is -0.505 e. The van der Waals surface area contributed by atoms with Crippen LogP contribution < -0.4 is 5.32 Å². The number of carbonyl (C=O) groups excluding carboxylic acids is 1. The smallest absolute Gasteiger partial charge is 0.262 e. The van der Waals surface area contributed by atoms with Crippen LogP contribution in [0, 0.1) is 6.92 Å². The van der Waals surface area contributed by atoms with Crippen molar-refractivity contribution in [2.24, 2.45) is 0 Å². The Morgan fingerprint density at radius 1 is 1.25 bits per heavy atom. The Balaban J connectivity index is 2.39. The van der Waals surface area contributed by atoms with Crippen LogP contribution >= 0.6 is 34.8 Å². The fraction of sp³-hybridized carbons (Fsp3) is 0.0769. The number of nitrogens with zero attached hydrogens (tertiary/aromatic N) is 1. The summed E-state index contributed by atoms with van der Waals surface area (Å²) in [4.78, 5) is 16.1. The van der Waals surface area contributed by atoms with Gasteiger partial charge in [-0.05, 0) is 30.7 Å². The highest BCUT2D eigenvalue weighted by atomic mass is 35.5. The third-order valence-corrected chi connectivity index (χ3v) is 3.61. The molecule has 0 aliphatic carbocycles. The van der Waals surface area contributed by atoms with Crippen LogP contribution in [0.5, 0.6) is 5.75 Å². The van der Waals surface area contributed by atoms with Crippen molar-refractivity contribution in [1.82, 2.24) is 4.98 Å². The van der Waals surface area contributed by atoms with E-state index in [-0.39, 0.29) is 20.6 Å². The van der Waals surface area contributed by atoms with Crippen LogP contribution in [0.4, 0.5) is 5.82 Å². The fourth-order valence-corrected chi connectivity index (χ4v) is 2.27. The number of phenols is 1. The van der Waals surface area contributed by atoms with Crippen LogP contribution in [0.15, 0.2) is 24.4 Å². The number of hydrogen-bond acceptors (Lipinski definition) is 3. The molecular weight excluding hydrogens is 323 g/mol. The number of aromatic hydroxyl groups is 1. The first-order chi connectivity index (χ1) is 9.40. The normalized spacial score (nSPS) is 10.4. The zero-order valence-electron chi connectivity index (χ0n) is 10.2. The van der Waals surface area contributed by atoms with Gasteiger partial charge in [0.25, 0.3) is 5.91 Å². The van der Waals surface area contributed by atoms with Gasteiger partial charge in [0.2, 0.25) is 0 Å². The molecule has 0 aliphatic rings. The van der Waals surface area contributed by atoms with E-state index in [1.54, 1.807) is 18.3 Å². The molecule has 104 valence electrons. The van der Waals surface area contributed by atoms with Crippen molar-refractivity contribution < 1.29 is 9.90 Å². The quantitative estimate of drug-likeness (QED) is 0.806. The maximum absolute atomic E-state index is 12.2. The largest absolute Gasteiger partial charge is 0.505 e. The number of rotatable bonds is 2. The average Bonchev–Trinajstić information content (AvgIpc) is 2.36. The summed E-state index contributed by atoms with van der Waals surface area (Å²) in [5, 5.41) is 12.3. The van der Waals surface area contributed by atoms with Crippen molar-refractivity contribution in [3.8, 4) is 5.75 Å². The van der Waals surface area contributed by atoms with E-state index in [2.05, 4.69) is 10.3 Å². The molecule has 0 saturated carbocycles. The van der Waals surface area contributed by atoms with Gasteiger partial charge in [-0.1, -0.05) is 34.8 Å². The summed E-state index contributed by atoms with van der Waals surface area (Å²) in [6.45, 7) is 1.86. The zero-order valence-corrected chi connectivity index (χ0v) is 12.5. The third kappa shape index (κ3) is 2.98. The van der Waals surface area contributed by atoms with Gasteiger partial charge in [-0.3, -0.25) is 4.79 Å². The molecule has 0 spiro atoms. The second-order valence-corrected chi connectivity index (χ2v) is 5.24. The number of benzene rings is 1. The molecule has 1 aromatic heterocycles. The molecule has 0 radical (unpaired) electrons. The Morgan fingerprint density at radius 3 is 2.60 bits per heavy atom. The summed E-state index contributed by atoms with van der Waals surface area (Å²) >= 11 is 17.5. The molecular formula is C13H9Cl3N2O2. The molecule has 0 bridgehead atoms. The molecule has 1 amide bonds. The standard InChI is InChI=1S/C13H9Cl3N2O2/c1-6-2-3-17-9(4-6)18-13(20)10-11(16)7(14)5-8(15)12(10)19/h2-5,19H,1H3,(H,17,18,20). The van der Waals surface area contributed by atoms with Crippen LogP contribution in [-0.4, -0.2) is 16.0 Å². The van der Waals surface area contributed by atoms with Gasteiger partial charge in [-0.25, -0.2) is 4.98 Å². The second kappa shape index (κ2) is 5.87. The van der Waals surface area contributed by atoms with E-state index in [0.717, 1.165) is 5.56 Å². The summed E-state index contributed by atoms with van der Waals surface area (Å²) in [6, 6.07) is 4.73. The van der Waals surface area contributed by atoms with E-state index >= 15 is 0 Å². The number of halogens is 3. The number of amides is 1. The summed E-state index contributed by atoms with van der Waals surface area (Å²) in [5.41, 5.74) is 0.738. The van der Waals surface area contributed by atoms with Gasteiger partial charge >= 0.3 is 0 Å². The Kier molecular flexibility index (Phi) is 4.38. The lowest BCUT2D eigenvalue weighted by atomic mass is 10.2. The van der Waals surface area contributed by atoms with Gasteiger partial charge in [0, 0.05) is 6.20 Å². The number of pyridine rings is 1. The second-order valence-electron chi connectivity index (χ2n) is 4.05. The fourth-order valence-electron chi connectivity index (χ4n) is 1.58. The van der Waals surface area contributed by atoms with Crippen molar-refractivity contribution in [3.63, 3.8) is 0 Å². The van der Waals surface area contributed by atoms with Gasteiger partial charge in [0.1, 0.15) is 17.1 Å². The van der Waals surface area contributed by atoms with E-state index in [1.165, 1.54) is 6.07 Å². The molecule has 1 heterocycles. The van der Waals surface area contributed by atoms with Gasteiger partial charge in [-0.2, -0.15) is 0 Å². The van der Waals surface area contributed by atoms with Gasteiger partial charge in [-0.15, -0.1) is 0 Å². The number of aryl methyl sites for hydroxylation is 1. The van der Waals surface area contributed by atoms with Gasteiger partial charge < -0.3 is 10.4 Å². The van der Waals surface area contributed by atoms with Crippen molar-refractivity contribution in [2.45, 2.75) is 6.92 Å². The molecule has 4 nitrogen and oxygen atoms in total. The Hall–Kier alpha value is -1.49. The van der Waals surface area contributed by atoms with E-state index in [0.29, 0.717) is 5.82 Å². The van der Waals surface area contributed by atoms with Crippen LogP contribution in [0.3, 0.4) is 0 Å². The minimum atomic E-state index is -0.644. The predicted molar refractivity (Wildman–Crippen MR) is 80.1 cm³/mol. The first-order valence-electron chi connectivity index (χ1n) is 5.50. The van der Waals surface area contributed by atoms with Crippen LogP contribution in [0.25, 0.3) is 0 Å². The summed E-state index contributed by atoms with van der Waals surface area (Å²) in [6.07, 6.45) is 1.55. The van der Waals surface area contributed by atoms with Crippen LogP contribution in [-0.2, 0) is 0 Å². The highest BCUT2D eigenvalue weighted by molar-refractivity contribution is 6.46. The number of carbonyl (C=O) groups is 1. The van der Waals surface area contributed by atoms with E-state index in [4.69, 9.17) is 34.8 Å². The Bertz CT molecular complexity index is 663. The third-order valence-electron chi connectivity index (χ3n) is 2.53. The van der Waals surface area contributed by atoms with E-state index in [9.17, 15) is 9.90 Å². The maximum Gasteiger partial charge on any atom is 0.262 e. The van der Waals surface area contributed by atoms with Crippen molar-refractivity contribution in [2.75, 3.05) is 5.32 Å². The number of aromatic nitrogens is 1. The Labute approximate surface area is 130 Å². The Morgan fingerprint density at radius 2 is 1.95 bits per heavy atom. The molecule has 2 N–H and O–H groups in total. The maximum atomic E-state index is 12.2. The molecule has 0 atom stereocenters. The summed E-state index contributed by atoms with van der Waals surface area (Å²) < 4.78 is 0. The van der Waals surface area contributed by atoms with Crippen LogP contribution in [0.2, 0.25) is 15.1 Å². The van der Waals surface area contributed by atoms with E-state index < -0.39 is 11.7 Å². The van der Waals surface area contributed by atoms with Gasteiger partial charge in [0.15, 0.2) is 0 Å². The molecule has 2 rings (SSSR count). The van der Waals surface area contributed by atoms with E-state index in [1.807, 2.05) is 6.92 Å². The molecule has 7 heteroatoms. The minimum absolute atomic E-state index is 0.0539. The number of anilines is 1. The highest BCUT2D eigenvalue weighted by Crippen LogP contribution is 2.38. The molecule has 0 aliphatic heterocycles. The number of phenolic OH excluding ortho intramolecular Hbond substituents is 1. The lowest BCUT2D eigenvalue weighted by Gasteiger charge is -2.10. The predicted octanol–water partition coefficient (Wildman–Crippen LogP) is 4.31. The molecule has 0 saturated heterocycles. The monoisotopic (exact) mass is 330 g/mol. The first kappa shape index (κ1) is 14.9. The average molecular weight is 332 g/mol. The molecule has 20 heavy (non-hydrogen) atoms. The van der Waals surface area contributed by atoms with Crippen molar-refractivity contribution in [1.29, 1.82) is 0 Å². The lowest BCUT2D eigenvalue weighted by molar-refractivity contribution is 0.102. The molecule has 0 unspecified atom stereocenters. The lowest BCUT2D eigenvalue weighted by Crippen LogP contribution is -2.14. The van der Waals surface area contributed by atoms with Crippen molar-refractivity contribution in [3.05, 3.63) is 50.6 Å². The number of hydrogen-bond donors (Lipinski definition) is 2. The molecule has 0 fully saturated rings. The van der Waals surface area contributed by atoms with Gasteiger partial charge in [0.05, 0.1) is 15.1 Å². The summed E-state index contributed by atoms with van der Waals surface area (Å²) in [5.74, 6) is -0.734. The highest BCUT2D eigenvalue weighted by Gasteiger charge is 2.21. The molecule has 2 aromatic rings. The van der Waals surface area contributed by atoms with Crippen molar-refractivity contribution >= 4 is 46.5 Å². The SMILES string of the molecule is Cc1ccnc(NC(=O)c2c(O)c(Cl)cc(Cl)c2Cl)c1. The topological polar surface area (TPSA) is 62.2 Å². The molecule has 1 aromatic carbocycles. The number of nitrogens with one attached hydrogen (secondary N) is 1.